The minimum atomic E-state index is 0.0463. The lowest BCUT2D eigenvalue weighted by molar-refractivity contribution is -0.119. The first-order valence-corrected chi connectivity index (χ1v) is 8.48. The van der Waals surface area contributed by atoms with Crippen LogP contribution >= 0.6 is 11.8 Å². The third kappa shape index (κ3) is 4.37. The fourth-order valence-electron chi connectivity index (χ4n) is 1.96. The van der Waals surface area contributed by atoms with Crippen LogP contribution in [0.15, 0.2) is 41.8 Å². The van der Waals surface area contributed by atoms with Gasteiger partial charge in [0.25, 0.3) is 0 Å². The summed E-state index contributed by atoms with van der Waals surface area (Å²) >= 11 is 1.46. The van der Waals surface area contributed by atoms with E-state index in [0.717, 1.165) is 10.8 Å². The number of benzene rings is 1. The summed E-state index contributed by atoms with van der Waals surface area (Å²) in [6.07, 6.45) is 3.69. The Hall–Kier alpha value is -1.75. The molecule has 118 valence electrons. The van der Waals surface area contributed by atoms with Crippen LogP contribution < -0.4 is 5.32 Å². The van der Waals surface area contributed by atoms with Crippen molar-refractivity contribution in [2.45, 2.75) is 38.9 Å². The molecule has 0 aliphatic rings. The van der Waals surface area contributed by atoms with Gasteiger partial charge in [-0.25, -0.2) is 4.98 Å². The summed E-state index contributed by atoms with van der Waals surface area (Å²) < 4.78 is 2.01. The van der Waals surface area contributed by atoms with Crippen LogP contribution in [0.3, 0.4) is 0 Å². The van der Waals surface area contributed by atoms with Crippen LogP contribution in [0.4, 0.5) is 0 Å². The largest absolute Gasteiger partial charge is 0.353 e. The summed E-state index contributed by atoms with van der Waals surface area (Å²) in [5.74, 6) is 0.855. The predicted octanol–water partition coefficient (Wildman–Crippen LogP) is 3.43. The number of nitrogens with zero attached hydrogens (tertiary/aromatic N) is 2. The number of rotatable bonds is 6. The second-order valence-corrected chi connectivity index (χ2v) is 6.75. The van der Waals surface area contributed by atoms with Gasteiger partial charge in [-0.2, -0.15) is 0 Å². The van der Waals surface area contributed by atoms with Crippen LogP contribution in [0, 0.1) is 12.8 Å². The minimum Gasteiger partial charge on any atom is -0.353 e. The number of amides is 1. The van der Waals surface area contributed by atoms with E-state index in [1.807, 2.05) is 29.8 Å². The van der Waals surface area contributed by atoms with Crippen LogP contribution in [-0.4, -0.2) is 27.3 Å². The lowest BCUT2D eigenvalue weighted by Crippen LogP contribution is -2.37. The van der Waals surface area contributed by atoms with E-state index < -0.39 is 0 Å². The Morgan fingerprint density at radius 2 is 2.14 bits per heavy atom. The van der Waals surface area contributed by atoms with Gasteiger partial charge in [-0.3, -0.25) is 9.36 Å². The molecule has 0 aliphatic heterocycles. The van der Waals surface area contributed by atoms with Gasteiger partial charge < -0.3 is 5.32 Å². The van der Waals surface area contributed by atoms with Crippen LogP contribution in [-0.2, 0) is 4.79 Å². The quantitative estimate of drug-likeness (QED) is 0.830. The topological polar surface area (TPSA) is 46.9 Å². The summed E-state index contributed by atoms with van der Waals surface area (Å²) in [5, 5.41) is 3.84. The molecule has 1 N–H and O–H groups in total. The van der Waals surface area contributed by atoms with Crippen molar-refractivity contribution < 1.29 is 4.79 Å². The van der Waals surface area contributed by atoms with Gasteiger partial charge in [-0.15, -0.1) is 0 Å². The third-order valence-electron chi connectivity index (χ3n) is 3.61. The maximum absolute atomic E-state index is 12.0. The molecule has 0 radical (unpaired) electrons. The second-order valence-electron chi connectivity index (χ2n) is 5.81. The first-order valence-electron chi connectivity index (χ1n) is 7.50. The molecule has 1 aromatic carbocycles. The van der Waals surface area contributed by atoms with Crippen LogP contribution in [0.2, 0.25) is 0 Å². The normalized spacial score (nSPS) is 12.4. The maximum atomic E-state index is 12.0. The van der Waals surface area contributed by atoms with Crippen LogP contribution in [0.5, 0.6) is 0 Å². The molecule has 1 atom stereocenters. The third-order valence-corrected chi connectivity index (χ3v) is 4.57. The molecule has 1 amide bonds. The molecule has 0 fully saturated rings. The predicted molar refractivity (Wildman–Crippen MR) is 91.5 cm³/mol. The van der Waals surface area contributed by atoms with Crippen molar-refractivity contribution in [2.24, 2.45) is 5.92 Å². The fourth-order valence-corrected chi connectivity index (χ4v) is 2.75. The van der Waals surface area contributed by atoms with E-state index in [1.54, 1.807) is 6.20 Å². The van der Waals surface area contributed by atoms with Gasteiger partial charge in [0.2, 0.25) is 5.91 Å². The van der Waals surface area contributed by atoms with E-state index in [4.69, 9.17) is 0 Å². The van der Waals surface area contributed by atoms with Gasteiger partial charge in [-0.1, -0.05) is 37.7 Å². The van der Waals surface area contributed by atoms with Gasteiger partial charge >= 0.3 is 0 Å². The highest BCUT2D eigenvalue weighted by molar-refractivity contribution is 7.99. The Morgan fingerprint density at radius 3 is 2.82 bits per heavy atom. The zero-order valence-electron chi connectivity index (χ0n) is 13.5. The highest BCUT2D eigenvalue weighted by atomic mass is 32.2. The van der Waals surface area contributed by atoms with Gasteiger partial charge in [0.1, 0.15) is 0 Å². The molecular weight excluding hydrogens is 294 g/mol. The molecule has 1 heterocycles. The first-order chi connectivity index (χ1) is 10.5. The van der Waals surface area contributed by atoms with E-state index in [9.17, 15) is 4.79 Å². The maximum Gasteiger partial charge on any atom is 0.230 e. The number of aryl methyl sites for hydroxylation is 1. The Kier molecular flexibility index (Phi) is 5.66. The van der Waals surface area contributed by atoms with Gasteiger partial charge in [0.05, 0.1) is 5.75 Å². The number of carbonyl (C=O) groups excluding carboxylic acids is 1. The zero-order chi connectivity index (χ0) is 16.1. The Bertz CT molecular complexity index is 636. The SMILES string of the molecule is Cc1cccc(-n2ccnc2SCC(=O)NC(C)C(C)C)c1. The number of hydrogen-bond donors (Lipinski definition) is 1. The number of imidazole rings is 1. The monoisotopic (exact) mass is 317 g/mol. The van der Waals surface area contributed by atoms with Crippen molar-refractivity contribution in [3.8, 4) is 5.69 Å². The average molecular weight is 317 g/mol. The highest BCUT2D eigenvalue weighted by Crippen LogP contribution is 2.21. The molecule has 22 heavy (non-hydrogen) atoms. The standard InChI is InChI=1S/C17H23N3OS/c1-12(2)14(4)19-16(21)11-22-17-18-8-9-20(17)15-7-5-6-13(3)10-15/h5-10,12,14H,11H2,1-4H3,(H,19,21). The molecular formula is C17H23N3OS. The first kappa shape index (κ1) is 16.6. The van der Waals surface area contributed by atoms with Crippen molar-refractivity contribution in [3.05, 3.63) is 42.2 Å². The molecule has 0 saturated carbocycles. The average Bonchev–Trinajstić information content (AvgIpc) is 2.93. The second kappa shape index (κ2) is 7.49. The lowest BCUT2D eigenvalue weighted by Gasteiger charge is -2.17. The summed E-state index contributed by atoms with van der Waals surface area (Å²) in [6.45, 7) is 8.29. The smallest absolute Gasteiger partial charge is 0.230 e. The Morgan fingerprint density at radius 1 is 1.36 bits per heavy atom. The zero-order valence-corrected chi connectivity index (χ0v) is 14.4. The fraction of sp³-hybridized carbons (Fsp3) is 0.412. The summed E-state index contributed by atoms with van der Waals surface area (Å²) in [4.78, 5) is 16.3. The lowest BCUT2D eigenvalue weighted by atomic mass is 10.1. The van der Waals surface area contributed by atoms with Crippen molar-refractivity contribution in [3.63, 3.8) is 0 Å². The molecule has 0 aliphatic carbocycles. The van der Waals surface area contributed by atoms with Gasteiger partial charge in [0.15, 0.2) is 5.16 Å². The van der Waals surface area contributed by atoms with E-state index >= 15 is 0 Å². The van der Waals surface area contributed by atoms with Gasteiger partial charge in [0, 0.05) is 24.1 Å². The molecule has 0 spiro atoms. The molecule has 0 saturated heterocycles. The molecule has 0 bridgehead atoms. The molecule has 1 unspecified atom stereocenters. The highest BCUT2D eigenvalue weighted by Gasteiger charge is 2.13. The van der Waals surface area contributed by atoms with Crippen molar-refractivity contribution in [2.75, 3.05) is 5.75 Å². The van der Waals surface area contributed by atoms with Crippen molar-refractivity contribution in [1.82, 2.24) is 14.9 Å². The number of nitrogens with one attached hydrogen (secondary N) is 1. The van der Waals surface area contributed by atoms with Crippen molar-refractivity contribution >= 4 is 17.7 Å². The van der Waals surface area contributed by atoms with Crippen molar-refractivity contribution in [1.29, 1.82) is 0 Å². The molecule has 2 aromatic rings. The summed E-state index contributed by atoms with van der Waals surface area (Å²) in [5.41, 5.74) is 2.27. The van der Waals surface area contributed by atoms with E-state index in [1.165, 1.54) is 17.3 Å². The number of aromatic nitrogens is 2. The van der Waals surface area contributed by atoms with Crippen LogP contribution in [0.1, 0.15) is 26.3 Å². The molecule has 2 rings (SSSR count). The summed E-state index contributed by atoms with van der Waals surface area (Å²) in [6, 6.07) is 8.42. The van der Waals surface area contributed by atoms with E-state index in [2.05, 4.69) is 43.2 Å². The minimum absolute atomic E-state index is 0.0463. The Balaban J connectivity index is 2.00. The molecule has 1 aromatic heterocycles. The number of thioether (sulfide) groups is 1. The number of carbonyl (C=O) groups is 1. The van der Waals surface area contributed by atoms with E-state index in [0.29, 0.717) is 11.7 Å². The van der Waals surface area contributed by atoms with Gasteiger partial charge in [-0.05, 0) is 37.5 Å². The van der Waals surface area contributed by atoms with Crippen LogP contribution in [0.25, 0.3) is 5.69 Å². The van der Waals surface area contributed by atoms with E-state index in [-0.39, 0.29) is 11.9 Å². The summed E-state index contributed by atoms with van der Waals surface area (Å²) in [7, 11) is 0. The Labute approximate surface area is 136 Å². The number of hydrogen-bond acceptors (Lipinski definition) is 3. The molecule has 4 nitrogen and oxygen atoms in total. The molecule has 5 heteroatoms.